The molecule has 0 aromatic heterocycles. The van der Waals surface area contributed by atoms with Gasteiger partial charge in [0.2, 0.25) is 5.78 Å². The van der Waals surface area contributed by atoms with E-state index in [0.29, 0.717) is 29.0 Å². The maximum atomic E-state index is 13.9. The number of phenols is 1. The number of Topliss-reactive ketones (excluding diaryl/α,β-unsaturated/α-hetero) is 3. The summed E-state index contributed by atoms with van der Waals surface area (Å²) >= 11 is 0. The summed E-state index contributed by atoms with van der Waals surface area (Å²) in [5.74, 6) is -6.28. The van der Waals surface area contributed by atoms with Crippen molar-refractivity contribution in [3.05, 3.63) is 69.7 Å². The molecule has 214 valence electrons. The minimum absolute atomic E-state index is 0.00864. The fraction of sp³-hybridized carbons (Fsp3) is 0.333. The van der Waals surface area contributed by atoms with Gasteiger partial charge in [0.05, 0.1) is 19.2 Å². The van der Waals surface area contributed by atoms with Crippen molar-refractivity contribution in [2.24, 2.45) is 17.6 Å². The Kier molecular flexibility index (Phi) is 6.96. The molecule has 0 fully saturated rings. The van der Waals surface area contributed by atoms with Gasteiger partial charge in [-0.05, 0) is 60.6 Å². The summed E-state index contributed by atoms with van der Waals surface area (Å²) in [6.07, 6.45) is -0.107. The van der Waals surface area contributed by atoms with E-state index >= 15 is 0 Å². The molecule has 3 aliphatic carbocycles. The number of benzene rings is 2. The quantitative estimate of drug-likeness (QED) is 0.271. The number of phenolic OH excluding ortho intramolecular Hbond substituents is 1. The van der Waals surface area contributed by atoms with Crippen LogP contribution >= 0.6 is 0 Å². The minimum Gasteiger partial charge on any atom is -0.511 e. The van der Waals surface area contributed by atoms with Gasteiger partial charge in [-0.25, -0.2) is 0 Å². The highest BCUT2D eigenvalue weighted by Crippen LogP contribution is 2.52. The van der Waals surface area contributed by atoms with Crippen LogP contribution in [-0.2, 0) is 27.3 Å². The van der Waals surface area contributed by atoms with E-state index in [1.165, 1.54) is 20.1 Å². The van der Waals surface area contributed by atoms with Crippen LogP contribution in [-0.4, -0.2) is 62.9 Å². The number of aromatic hydroxyl groups is 1. The maximum absolute atomic E-state index is 13.9. The number of carbonyl (C=O) groups is 4. The number of ketones is 3. The third kappa shape index (κ3) is 4.37. The molecule has 0 unspecified atom stereocenters. The van der Waals surface area contributed by atoms with Crippen molar-refractivity contribution in [3.63, 3.8) is 0 Å². The van der Waals surface area contributed by atoms with Crippen LogP contribution in [0.25, 0.3) is 11.1 Å². The lowest BCUT2D eigenvalue weighted by Crippen LogP contribution is -2.57. The van der Waals surface area contributed by atoms with Gasteiger partial charge >= 0.3 is 0 Å². The Morgan fingerprint density at radius 3 is 2.49 bits per heavy atom. The number of nitrogens with two attached hydrogens (primary N) is 1. The number of amides is 1. The van der Waals surface area contributed by atoms with Crippen LogP contribution < -0.4 is 15.8 Å². The normalized spacial score (nSPS) is 23.6. The lowest BCUT2D eigenvalue weighted by atomic mass is 9.60. The Morgan fingerprint density at radius 1 is 1.10 bits per heavy atom. The number of hydrogen-bond acceptors (Lipinski definition) is 10. The summed E-state index contributed by atoms with van der Waals surface area (Å²) in [6.45, 7) is 2.08. The number of aliphatic hydroxyl groups excluding tert-OH is 2. The Morgan fingerprint density at radius 2 is 1.83 bits per heavy atom. The Hall–Kier alpha value is -4.48. The number of nitrogens with one attached hydrogen (secondary N) is 1. The molecule has 0 heterocycles. The van der Waals surface area contributed by atoms with Crippen LogP contribution in [0.15, 0.2) is 53.0 Å². The second kappa shape index (κ2) is 10.2. The number of allylic oxidation sites excluding steroid dienone is 2. The highest BCUT2D eigenvalue weighted by Gasteiger charge is 2.59. The van der Waals surface area contributed by atoms with E-state index in [1.54, 1.807) is 12.1 Å². The van der Waals surface area contributed by atoms with Crippen LogP contribution in [0.5, 0.6) is 11.5 Å². The molecule has 5 rings (SSSR count). The number of rotatable bonds is 7. The van der Waals surface area contributed by atoms with E-state index in [1.807, 2.05) is 12.1 Å². The fourth-order valence-corrected chi connectivity index (χ4v) is 6.33. The molecule has 41 heavy (non-hydrogen) atoms. The first kappa shape index (κ1) is 28.1. The largest absolute Gasteiger partial charge is 0.511 e. The van der Waals surface area contributed by atoms with Gasteiger partial charge in [0.1, 0.15) is 34.4 Å². The molecule has 11 heteroatoms. The van der Waals surface area contributed by atoms with E-state index in [4.69, 9.17) is 10.5 Å². The number of primary amides is 1. The topological polar surface area (TPSA) is 196 Å². The van der Waals surface area contributed by atoms with Crippen molar-refractivity contribution >= 4 is 23.3 Å². The molecule has 0 radical (unpaired) electrons. The molecule has 2 aromatic carbocycles. The molecule has 3 atom stereocenters. The standard InChI is InChI=1S/C30H30N2O9/c1-13(33)11-32-12-14-3-6-22(41-2)18(7-14)17-4-5-20(34)24-19(17)9-15-8-16-10-21(35)25(29(31)39)28(38)30(16,40)27(37)23(15)26(24)36/h3-7,15-16,32,34-35,37,40H,8-12H2,1-2H3,(H2,31,39)/t15-,16+,30+/m1/s1. The highest BCUT2D eigenvalue weighted by atomic mass is 16.5. The van der Waals surface area contributed by atoms with Crippen molar-refractivity contribution < 1.29 is 44.3 Å². The Balaban J connectivity index is 1.62. The van der Waals surface area contributed by atoms with Gasteiger partial charge in [-0.15, -0.1) is 0 Å². The predicted molar refractivity (Wildman–Crippen MR) is 145 cm³/mol. The molecule has 0 bridgehead atoms. The molecule has 2 aromatic rings. The van der Waals surface area contributed by atoms with Crippen LogP contribution in [0, 0.1) is 11.8 Å². The van der Waals surface area contributed by atoms with Crippen LogP contribution in [0.1, 0.15) is 41.3 Å². The van der Waals surface area contributed by atoms with Gasteiger partial charge in [-0.1, -0.05) is 12.1 Å². The number of fused-ring (bicyclic) bond motifs is 3. The van der Waals surface area contributed by atoms with Crippen LogP contribution in [0.2, 0.25) is 0 Å². The number of ether oxygens (including phenoxy) is 1. The minimum atomic E-state index is -2.62. The average molecular weight is 563 g/mol. The van der Waals surface area contributed by atoms with Gasteiger partial charge < -0.3 is 36.2 Å². The molecule has 1 amide bonds. The molecule has 3 aliphatic rings. The lowest BCUT2D eigenvalue weighted by molar-refractivity contribution is -0.144. The number of methoxy groups -OCH3 is 1. The van der Waals surface area contributed by atoms with Crippen molar-refractivity contribution in [2.75, 3.05) is 13.7 Å². The highest BCUT2D eigenvalue weighted by molar-refractivity contribution is 6.24. The molecular formula is C30H30N2O9. The van der Waals surface area contributed by atoms with E-state index in [2.05, 4.69) is 5.32 Å². The molecule has 0 spiro atoms. The maximum Gasteiger partial charge on any atom is 0.255 e. The first-order chi connectivity index (χ1) is 19.4. The van der Waals surface area contributed by atoms with Gasteiger partial charge in [0.15, 0.2) is 11.4 Å². The number of hydrogen-bond donors (Lipinski definition) is 6. The van der Waals surface area contributed by atoms with Gasteiger partial charge in [0, 0.05) is 30.0 Å². The molecule has 0 aliphatic heterocycles. The molecule has 0 saturated heterocycles. The summed E-state index contributed by atoms with van der Waals surface area (Å²) in [4.78, 5) is 50.2. The number of carbonyl (C=O) groups excluding carboxylic acids is 4. The van der Waals surface area contributed by atoms with Crippen molar-refractivity contribution in [3.8, 4) is 22.6 Å². The summed E-state index contributed by atoms with van der Waals surface area (Å²) in [5, 5.41) is 46.9. The number of aliphatic hydroxyl groups is 3. The summed E-state index contributed by atoms with van der Waals surface area (Å²) in [6, 6.07) is 8.48. The molecule has 0 saturated carbocycles. The van der Waals surface area contributed by atoms with Gasteiger partial charge in [0.25, 0.3) is 5.91 Å². The second-order valence-electron chi connectivity index (χ2n) is 10.7. The van der Waals surface area contributed by atoms with E-state index in [-0.39, 0.29) is 48.5 Å². The SMILES string of the molecule is COc1ccc(CNCC(C)=O)cc1-c1ccc(O)c2c1C[C@H]1C[C@H]3CC(O)=C(C(N)=O)C(=O)[C@@]3(O)C(O)=C1C2=O. The molecular weight excluding hydrogens is 532 g/mol. The molecule has 7 N–H and O–H groups in total. The summed E-state index contributed by atoms with van der Waals surface area (Å²) < 4.78 is 5.59. The lowest BCUT2D eigenvalue weighted by Gasteiger charge is -2.45. The Labute approximate surface area is 234 Å². The van der Waals surface area contributed by atoms with Gasteiger partial charge in [-0.2, -0.15) is 0 Å². The smallest absolute Gasteiger partial charge is 0.255 e. The first-order valence-electron chi connectivity index (χ1n) is 13.1. The third-order valence-corrected chi connectivity index (χ3v) is 8.20. The summed E-state index contributed by atoms with van der Waals surface area (Å²) in [5.41, 5.74) is 4.10. The fourth-order valence-electron chi connectivity index (χ4n) is 6.33. The van der Waals surface area contributed by atoms with Crippen molar-refractivity contribution in [2.45, 2.75) is 38.3 Å². The zero-order valence-electron chi connectivity index (χ0n) is 22.5. The Bertz CT molecular complexity index is 1590. The van der Waals surface area contributed by atoms with Crippen LogP contribution in [0.4, 0.5) is 0 Å². The van der Waals surface area contributed by atoms with E-state index in [9.17, 15) is 39.6 Å². The van der Waals surface area contributed by atoms with Crippen molar-refractivity contribution in [1.29, 1.82) is 0 Å². The van der Waals surface area contributed by atoms with Crippen LogP contribution in [0.3, 0.4) is 0 Å². The average Bonchev–Trinajstić information content (AvgIpc) is 2.90. The predicted octanol–water partition coefficient (Wildman–Crippen LogP) is 1.93. The first-order valence-corrected chi connectivity index (χ1v) is 13.1. The zero-order valence-corrected chi connectivity index (χ0v) is 22.5. The van der Waals surface area contributed by atoms with Gasteiger partial charge in [-0.3, -0.25) is 19.2 Å². The second-order valence-corrected chi connectivity index (χ2v) is 10.7. The van der Waals surface area contributed by atoms with E-state index < -0.39 is 52.0 Å². The van der Waals surface area contributed by atoms with Crippen molar-refractivity contribution in [1.82, 2.24) is 5.32 Å². The monoisotopic (exact) mass is 562 g/mol. The van der Waals surface area contributed by atoms with E-state index in [0.717, 1.165) is 5.56 Å². The third-order valence-electron chi connectivity index (χ3n) is 8.20. The molecule has 11 nitrogen and oxygen atoms in total. The zero-order chi connectivity index (χ0) is 29.8. The summed E-state index contributed by atoms with van der Waals surface area (Å²) in [7, 11) is 1.51.